The number of phenols is 1. The standard InChI is InChI=1S/C16H10Cl2N4O3/c17-10-1-2-12-13(3-4-19-14(12)6-10)21-20-8-9-5-11(18)7-15(16(9)23)22(24)25/h1-8,23H,(H,19,21)/b20-8-. The van der Waals surface area contributed by atoms with Crippen molar-refractivity contribution in [2.75, 3.05) is 5.43 Å². The van der Waals surface area contributed by atoms with E-state index >= 15 is 0 Å². The van der Waals surface area contributed by atoms with Crippen LogP contribution in [-0.4, -0.2) is 21.2 Å². The van der Waals surface area contributed by atoms with Crippen LogP contribution in [0.4, 0.5) is 11.4 Å². The normalized spacial score (nSPS) is 11.1. The van der Waals surface area contributed by atoms with Crippen LogP contribution in [0.1, 0.15) is 5.56 Å². The van der Waals surface area contributed by atoms with E-state index in [2.05, 4.69) is 15.5 Å². The van der Waals surface area contributed by atoms with E-state index in [0.717, 1.165) is 11.5 Å². The Morgan fingerprint density at radius 1 is 1.20 bits per heavy atom. The highest BCUT2D eigenvalue weighted by molar-refractivity contribution is 6.31. The fraction of sp³-hybridized carbons (Fsp3) is 0. The molecule has 126 valence electrons. The second-order valence-corrected chi connectivity index (χ2v) is 5.88. The second kappa shape index (κ2) is 6.92. The third kappa shape index (κ3) is 3.62. The zero-order valence-corrected chi connectivity index (χ0v) is 14.0. The number of aromatic hydroxyl groups is 1. The van der Waals surface area contributed by atoms with Gasteiger partial charge in [-0.3, -0.25) is 20.5 Å². The number of fused-ring (bicyclic) bond motifs is 1. The molecule has 0 aliphatic rings. The van der Waals surface area contributed by atoms with E-state index in [1.807, 2.05) is 0 Å². The van der Waals surface area contributed by atoms with E-state index in [-0.39, 0.29) is 10.6 Å². The maximum absolute atomic E-state index is 10.9. The van der Waals surface area contributed by atoms with Gasteiger partial charge in [0.1, 0.15) is 0 Å². The quantitative estimate of drug-likeness (QED) is 0.393. The predicted molar refractivity (Wildman–Crippen MR) is 97.7 cm³/mol. The molecular weight excluding hydrogens is 367 g/mol. The van der Waals surface area contributed by atoms with Gasteiger partial charge >= 0.3 is 5.69 Å². The SMILES string of the molecule is O=[N+]([O-])c1cc(Cl)cc(/C=N\Nc2ccnc3cc(Cl)ccc23)c1O. The first-order chi connectivity index (χ1) is 12.0. The Bertz CT molecular complexity index is 1010. The van der Waals surface area contributed by atoms with Crippen molar-refractivity contribution in [2.45, 2.75) is 0 Å². The lowest BCUT2D eigenvalue weighted by Crippen LogP contribution is -1.95. The Morgan fingerprint density at radius 3 is 2.76 bits per heavy atom. The number of nitrogens with zero attached hydrogens (tertiary/aromatic N) is 3. The molecule has 0 spiro atoms. The molecule has 2 N–H and O–H groups in total. The monoisotopic (exact) mass is 376 g/mol. The number of nitro benzene ring substituents is 1. The molecule has 0 saturated heterocycles. The molecule has 2 aromatic carbocycles. The third-order valence-electron chi connectivity index (χ3n) is 3.37. The molecular formula is C16H10Cl2N4O3. The van der Waals surface area contributed by atoms with Gasteiger partial charge in [0.15, 0.2) is 0 Å². The first-order valence-corrected chi connectivity index (χ1v) is 7.71. The first kappa shape index (κ1) is 16.9. The summed E-state index contributed by atoms with van der Waals surface area (Å²) in [7, 11) is 0. The van der Waals surface area contributed by atoms with Crippen LogP contribution >= 0.6 is 23.2 Å². The van der Waals surface area contributed by atoms with Gasteiger partial charge in [0.05, 0.1) is 22.3 Å². The number of benzene rings is 2. The van der Waals surface area contributed by atoms with Crippen LogP contribution in [0.2, 0.25) is 10.0 Å². The molecule has 0 fully saturated rings. The largest absolute Gasteiger partial charge is 0.502 e. The Balaban J connectivity index is 1.91. The maximum Gasteiger partial charge on any atom is 0.312 e. The summed E-state index contributed by atoms with van der Waals surface area (Å²) in [4.78, 5) is 14.4. The number of halogens is 2. The number of aromatic nitrogens is 1. The smallest absolute Gasteiger partial charge is 0.312 e. The van der Waals surface area contributed by atoms with Crippen LogP contribution in [0.5, 0.6) is 5.75 Å². The van der Waals surface area contributed by atoms with Crippen LogP contribution in [0.3, 0.4) is 0 Å². The highest BCUT2D eigenvalue weighted by Gasteiger charge is 2.17. The molecule has 0 unspecified atom stereocenters. The third-order valence-corrected chi connectivity index (χ3v) is 3.83. The average Bonchev–Trinajstić information content (AvgIpc) is 2.57. The summed E-state index contributed by atoms with van der Waals surface area (Å²) < 4.78 is 0. The summed E-state index contributed by atoms with van der Waals surface area (Å²) >= 11 is 11.8. The van der Waals surface area contributed by atoms with Crippen LogP contribution in [0.15, 0.2) is 47.7 Å². The summed E-state index contributed by atoms with van der Waals surface area (Å²) in [5.41, 5.74) is 3.79. The number of pyridine rings is 1. The molecule has 0 saturated carbocycles. The molecule has 0 aliphatic carbocycles. The Kier molecular flexibility index (Phi) is 4.69. The number of hydrogen-bond donors (Lipinski definition) is 2. The molecule has 3 aromatic rings. The average molecular weight is 377 g/mol. The topological polar surface area (TPSA) is 101 Å². The molecule has 0 amide bonds. The number of nitrogens with one attached hydrogen (secondary N) is 1. The molecule has 0 aliphatic heterocycles. The number of hydrogen-bond acceptors (Lipinski definition) is 6. The van der Waals surface area contributed by atoms with E-state index in [1.54, 1.807) is 30.5 Å². The Morgan fingerprint density at radius 2 is 2.00 bits per heavy atom. The predicted octanol–water partition coefficient (Wildman–Crippen LogP) is 4.60. The zero-order valence-electron chi connectivity index (χ0n) is 12.5. The van der Waals surface area contributed by atoms with Crippen molar-refractivity contribution in [1.82, 2.24) is 4.98 Å². The zero-order chi connectivity index (χ0) is 18.0. The molecule has 0 bridgehead atoms. The van der Waals surface area contributed by atoms with Crippen molar-refractivity contribution in [2.24, 2.45) is 5.10 Å². The molecule has 0 radical (unpaired) electrons. The molecule has 7 nitrogen and oxygen atoms in total. The minimum atomic E-state index is -0.716. The molecule has 1 heterocycles. The van der Waals surface area contributed by atoms with Gasteiger partial charge in [0.2, 0.25) is 5.75 Å². The number of phenolic OH excluding ortho intramolecular Hbond substituents is 1. The highest BCUT2D eigenvalue weighted by Crippen LogP contribution is 2.32. The summed E-state index contributed by atoms with van der Waals surface area (Å²) in [5, 5.41) is 26.3. The van der Waals surface area contributed by atoms with Crippen molar-refractivity contribution >= 4 is 51.7 Å². The van der Waals surface area contributed by atoms with E-state index < -0.39 is 16.4 Å². The summed E-state index contributed by atoms with van der Waals surface area (Å²) in [6.07, 6.45) is 2.84. The maximum atomic E-state index is 10.9. The van der Waals surface area contributed by atoms with Crippen molar-refractivity contribution in [3.63, 3.8) is 0 Å². The van der Waals surface area contributed by atoms with Gasteiger partial charge in [-0.15, -0.1) is 0 Å². The van der Waals surface area contributed by atoms with Gasteiger partial charge in [-0.2, -0.15) is 5.10 Å². The number of hydrazone groups is 1. The number of nitro groups is 1. The van der Waals surface area contributed by atoms with Gasteiger partial charge in [0, 0.05) is 33.3 Å². The lowest BCUT2D eigenvalue weighted by atomic mass is 10.2. The minimum absolute atomic E-state index is 0.119. The molecule has 0 atom stereocenters. The first-order valence-electron chi connectivity index (χ1n) is 6.96. The van der Waals surface area contributed by atoms with Gasteiger partial charge in [0.25, 0.3) is 0 Å². The van der Waals surface area contributed by atoms with Crippen molar-refractivity contribution < 1.29 is 10.0 Å². The van der Waals surface area contributed by atoms with Gasteiger partial charge in [-0.05, 0) is 30.3 Å². The summed E-state index contributed by atoms with van der Waals surface area (Å²) in [6.45, 7) is 0. The highest BCUT2D eigenvalue weighted by atomic mass is 35.5. The Labute approximate surface area is 151 Å². The van der Waals surface area contributed by atoms with Crippen LogP contribution < -0.4 is 5.43 Å². The van der Waals surface area contributed by atoms with Gasteiger partial charge in [-0.1, -0.05) is 23.2 Å². The summed E-state index contributed by atoms with van der Waals surface area (Å²) in [6, 6.07) is 9.41. The summed E-state index contributed by atoms with van der Waals surface area (Å²) in [5.74, 6) is -0.508. The minimum Gasteiger partial charge on any atom is -0.502 e. The van der Waals surface area contributed by atoms with E-state index in [9.17, 15) is 15.2 Å². The van der Waals surface area contributed by atoms with Crippen molar-refractivity contribution in [1.29, 1.82) is 0 Å². The van der Waals surface area contributed by atoms with Crippen molar-refractivity contribution in [3.05, 3.63) is 68.3 Å². The number of anilines is 1. The molecule has 3 rings (SSSR count). The lowest BCUT2D eigenvalue weighted by Gasteiger charge is -2.06. The fourth-order valence-electron chi connectivity index (χ4n) is 2.23. The van der Waals surface area contributed by atoms with E-state index in [0.29, 0.717) is 16.2 Å². The number of rotatable bonds is 4. The Hall–Kier alpha value is -2.90. The van der Waals surface area contributed by atoms with E-state index in [1.165, 1.54) is 12.3 Å². The van der Waals surface area contributed by atoms with Crippen LogP contribution in [0, 0.1) is 10.1 Å². The van der Waals surface area contributed by atoms with Gasteiger partial charge in [-0.25, -0.2) is 0 Å². The lowest BCUT2D eigenvalue weighted by molar-refractivity contribution is -0.385. The van der Waals surface area contributed by atoms with Crippen LogP contribution in [-0.2, 0) is 0 Å². The van der Waals surface area contributed by atoms with Crippen LogP contribution in [0.25, 0.3) is 10.9 Å². The molecule has 9 heteroatoms. The van der Waals surface area contributed by atoms with E-state index in [4.69, 9.17) is 23.2 Å². The van der Waals surface area contributed by atoms with Crippen molar-refractivity contribution in [3.8, 4) is 5.75 Å². The second-order valence-electron chi connectivity index (χ2n) is 5.01. The van der Waals surface area contributed by atoms with Gasteiger partial charge < -0.3 is 5.11 Å². The molecule has 1 aromatic heterocycles. The fourth-order valence-corrected chi connectivity index (χ4v) is 2.62. The molecule has 25 heavy (non-hydrogen) atoms.